The van der Waals surface area contributed by atoms with E-state index in [9.17, 15) is 4.79 Å². The first-order valence-corrected chi connectivity index (χ1v) is 14.0. The molecule has 5 nitrogen and oxygen atoms in total. The highest BCUT2D eigenvalue weighted by molar-refractivity contribution is 6.00. The van der Waals surface area contributed by atoms with E-state index in [0.29, 0.717) is 17.9 Å². The van der Waals surface area contributed by atoms with Crippen LogP contribution in [0, 0.1) is 17.8 Å². The third-order valence-electron chi connectivity index (χ3n) is 8.75. The average Bonchev–Trinajstić information content (AvgIpc) is 2.92. The number of oxime groups is 1. The molecule has 1 atom stereocenters. The number of carbonyl (C=O) groups is 1. The van der Waals surface area contributed by atoms with Gasteiger partial charge in [0.2, 0.25) is 0 Å². The predicted octanol–water partition coefficient (Wildman–Crippen LogP) is 6.35. The Labute approximate surface area is 205 Å². The number of fused-ring (bicyclic) bond motifs is 3. The summed E-state index contributed by atoms with van der Waals surface area (Å²) in [6.45, 7) is 1.85. The van der Waals surface area contributed by atoms with Crippen molar-refractivity contribution in [2.45, 2.75) is 96.0 Å². The molecule has 5 fully saturated rings. The molecule has 1 saturated heterocycles. The Balaban J connectivity index is 1.22. The Morgan fingerprint density at radius 1 is 0.882 bits per heavy atom. The monoisotopic (exact) mass is 466 g/mol. The van der Waals surface area contributed by atoms with E-state index in [1.165, 1.54) is 70.6 Å². The van der Waals surface area contributed by atoms with Gasteiger partial charge in [-0.15, -0.1) is 0 Å². The van der Waals surface area contributed by atoms with E-state index in [1.807, 2.05) is 17.0 Å². The molecule has 34 heavy (non-hydrogen) atoms. The van der Waals surface area contributed by atoms with Gasteiger partial charge in [0, 0.05) is 13.1 Å². The Morgan fingerprint density at radius 2 is 1.59 bits per heavy atom. The van der Waals surface area contributed by atoms with Crippen LogP contribution in [0.2, 0.25) is 0 Å². The van der Waals surface area contributed by atoms with Gasteiger partial charge in [-0.3, -0.25) is 4.79 Å². The maximum Gasteiger partial charge on any atom is 0.260 e. The lowest BCUT2D eigenvalue weighted by molar-refractivity contribution is -0.134. The Kier molecular flexibility index (Phi) is 8.08. The summed E-state index contributed by atoms with van der Waals surface area (Å²) in [7, 11) is 0. The van der Waals surface area contributed by atoms with Crippen molar-refractivity contribution < 1.29 is 14.4 Å². The number of hydrogen-bond acceptors (Lipinski definition) is 4. The van der Waals surface area contributed by atoms with Crippen molar-refractivity contribution in [3.63, 3.8) is 0 Å². The SMILES string of the molecule is O=C(COc1ccc(C(CC2CCCCC2)=NOC2CC3CCC2CC3)cc1)N1CCCCC1. The fourth-order valence-electron chi connectivity index (χ4n) is 6.57. The lowest BCUT2D eigenvalue weighted by Crippen LogP contribution is -2.38. The van der Waals surface area contributed by atoms with Gasteiger partial charge in [0.25, 0.3) is 5.91 Å². The van der Waals surface area contributed by atoms with Gasteiger partial charge in [-0.25, -0.2) is 0 Å². The molecule has 186 valence electrons. The second-order valence-electron chi connectivity index (χ2n) is 11.2. The van der Waals surface area contributed by atoms with E-state index >= 15 is 0 Å². The van der Waals surface area contributed by atoms with Gasteiger partial charge in [-0.2, -0.15) is 0 Å². The van der Waals surface area contributed by atoms with Crippen LogP contribution < -0.4 is 4.74 Å². The first-order valence-electron chi connectivity index (χ1n) is 14.0. The Hall–Kier alpha value is -2.04. The van der Waals surface area contributed by atoms with Crippen LogP contribution in [-0.4, -0.2) is 42.3 Å². The summed E-state index contributed by atoms with van der Waals surface area (Å²) >= 11 is 0. The van der Waals surface area contributed by atoms with Crippen LogP contribution in [0.25, 0.3) is 0 Å². The molecule has 0 radical (unpaired) electrons. The van der Waals surface area contributed by atoms with Gasteiger partial charge in [0.15, 0.2) is 6.61 Å². The van der Waals surface area contributed by atoms with Gasteiger partial charge in [-0.1, -0.05) is 37.3 Å². The highest BCUT2D eigenvalue weighted by atomic mass is 16.6. The van der Waals surface area contributed by atoms with Crippen LogP contribution in [0.5, 0.6) is 5.75 Å². The summed E-state index contributed by atoms with van der Waals surface area (Å²) in [5.41, 5.74) is 2.21. The molecule has 1 unspecified atom stereocenters. The molecule has 6 rings (SSSR count). The van der Waals surface area contributed by atoms with Crippen LogP contribution in [0.3, 0.4) is 0 Å². The van der Waals surface area contributed by atoms with Crippen LogP contribution in [0.1, 0.15) is 95.5 Å². The number of carbonyl (C=O) groups excluding carboxylic acids is 1. The van der Waals surface area contributed by atoms with Crippen molar-refractivity contribution in [3.8, 4) is 5.75 Å². The van der Waals surface area contributed by atoms with E-state index in [4.69, 9.17) is 14.7 Å². The Bertz CT molecular complexity index is 816. The zero-order valence-corrected chi connectivity index (χ0v) is 20.8. The van der Waals surface area contributed by atoms with Crippen LogP contribution in [0.4, 0.5) is 0 Å². The van der Waals surface area contributed by atoms with E-state index in [-0.39, 0.29) is 12.5 Å². The minimum atomic E-state index is 0.0958. The normalized spacial score (nSPS) is 28.1. The molecule has 0 N–H and O–H groups in total. The molecule has 0 spiro atoms. The predicted molar refractivity (Wildman–Crippen MR) is 135 cm³/mol. The number of amides is 1. The van der Waals surface area contributed by atoms with E-state index in [2.05, 4.69) is 12.1 Å². The molecule has 0 aromatic heterocycles. The van der Waals surface area contributed by atoms with E-state index in [1.54, 1.807) is 0 Å². The van der Waals surface area contributed by atoms with Crippen LogP contribution in [-0.2, 0) is 9.63 Å². The molecule has 4 aliphatic carbocycles. The first kappa shape index (κ1) is 23.7. The molecule has 2 bridgehead atoms. The van der Waals surface area contributed by atoms with Gasteiger partial charge < -0.3 is 14.5 Å². The zero-order chi connectivity index (χ0) is 23.2. The highest BCUT2D eigenvalue weighted by Gasteiger charge is 2.37. The fraction of sp³-hybridized carbons (Fsp3) is 0.724. The summed E-state index contributed by atoms with van der Waals surface area (Å²) in [4.78, 5) is 20.6. The average molecular weight is 467 g/mol. The molecule has 4 saturated carbocycles. The topological polar surface area (TPSA) is 51.1 Å². The second-order valence-corrected chi connectivity index (χ2v) is 11.2. The molecule has 5 aliphatic rings. The minimum Gasteiger partial charge on any atom is -0.484 e. The van der Waals surface area contributed by atoms with Crippen molar-refractivity contribution in [1.82, 2.24) is 4.90 Å². The van der Waals surface area contributed by atoms with Gasteiger partial charge in [-0.05, 0) is 105 Å². The Morgan fingerprint density at radius 3 is 2.26 bits per heavy atom. The van der Waals surface area contributed by atoms with Crippen molar-refractivity contribution >= 4 is 11.6 Å². The third-order valence-corrected chi connectivity index (χ3v) is 8.75. The first-order chi connectivity index (χ1) is 16.7. The third kappa shape index (κ3) is 6.14. The molecule has 1 amide bonds. The number of nitrogens with zero attached hydrogens (tertiary/aromatic N) is 2. The van der Waals surface area contributed by atoms with Crippen molar-refractivity contribution in [3.05, 3.63) is 29.8 Å². The second kappa shape index (κ2) is 11.6. The molecule has 1 heterocycles. The van der Waals surface area contributed by atoms with Crippen molar-refractivity contribution in [2.24, 2.45) is 22.9 Å². The zero-order valence-electron chi connectivity index (χ0n) is 20.8. The summed E-state index contributed by atoms with van der Waals surface area (Å²) < 4.78 is 5.83. The smallest absolute Gasteiger partial charge is 0.260 e. The summed E-state index contributed by atoms with van der Waals surface area (Å²) in [6, 6.07) is 8.16. The molecule has 1 aliphatic heterocycles. The quantitative estimate of drug-likeness (QED) is 0.331. The van der Waals surface area contributed by atoms with Crippen LogP contribution in [0.15, 0.2) is 29.4 Å². The number of benzene rings is 1. The van der Waals surface area contributed by atoms with Crippen LogP contribution >= 0.6 is 0 Å². The van der Waals surface area contributed by atoms with Gasteiger partial charge in [0.05, 0.1) is 5.71 Å². The maximum atomic E-state index is 12.4. The number of likely N-dealkylation sites (tertiary alicyclic amines) is 1. The largest absolute Gasteiger partial charge is 0.484 e. The minimum absolute atomic E-state index is 0.0958. The van der Waals surface area contributed by atoms with Gasteiger partial charge in [0.1, 0.15) is 11.9 Å². The molecular formula is C29H42N2O3. The molecule has 1 aromatic carbocycles. The van der Waals surface area contributed by atoms with E-state index < -0.39 is 0 Å². The standard InChI is InChI=1S/C29H42N2O3/c32-29(31-17-5-2-6-18-31)21-33-26-15-13-24(14-16-26)27(19-22-7-3-1-4-8-22)30-34-28-20-23-9-11-25(28)12-10-23/h13-16,22-23,25,28H,1-12,17-21H2. The molecule has 5 heteroatoms. The molecule has 1 aromatic rings. The van der Waals surface area contributed by atoms with Crippen molar-refractivity contribution in [2.75, 3.05) is 19.7 Å². The molecular weight excluding hydrogens is 424 g/mol. The summed E-state index contributed by atoms with van der Waals surface area (Å²) in [5.74, 6) is 3.08. The lowest BCUT2D eigenvalue weighted by Gasteiger charge is -2.40. The number of piperidine rings is 1. The summed E-state index contributed by atoms with van der Waals surface area (Å²) in [6.07, 6.45) is 17.9. The highest BCUT2D eigenvalue weighted by Crippen LogP contribution is 2.42. The fourth-order valence-corrected chi connectivity index (χ4v) is 6.57. The maximum absolute atomic E-state index is 12.4. The van der Waals surface area contributed by atoms with Gasteiger partial charge >= 0.3 is 0 Å². The van der Waals surface area contributed by atoms with Crippen molar-refractivity contribution in [1.29, 1.82) is 0 Å². The van der Waals surface area contributed by atoms with E-state index in [0.717, 1.165) is 55.3 Å². The summed E-state index contributed by atoms with van der Waals surface area (Å²) in [5, 5.41) is 4.81. The number of hydrogen-bond donors (Lipinski definition) is 0. The lowest BCUT2D eigenvalue weighted by atomic mass is 9.69. The number of ether oxygens (including phenoxy) is 1. The number of rotatable bonds is 8.